The fourth-order valence-corrected chi connectivity index (χ4v) is 1.90. The first-order valence-electron chi connectivity index (χ1n) is 6.11. The summed E-state index contributed by atoms with van der Waals surface area (Å²) >= 11 is 0. The van der Waals surface area contributed by atoms with E-state index in [1.54, 1.807) is 0 Å². The van der Waals surface area contributed by atoms with Gasteiger partial charge in [0, 0.05) is 0 Å². The van der Waals surface area contributed by atoms with Crippen molar-refractivity contribution in [3.63, 3.8) is 0 Å². The molecule has 0 amide bonds. The first kappa shape index (κ1) is 11.2. The molecule has 0 aromatic carbocycles. The standard InChI is InChI=1S/C13H15N3O2/c1-8-6-17-12(14-8)10-4-3-5-11(16-10)13-15-9(2)7-18-13/h3-5,8-9H,6-7H2,1-2H3. The maximum atomic E-state index is 5.50. The van der Waals surface area contributed by atoms with Gasteiger partial charge in [0.1, 0.15) is 24.6 Å². The zero-order valence-corrected chi connectivity index (χ0v) is 10.5. The van der Waals surface area contributed by atoms with E-state index in [-0.39, 0.29) is 12.1 Å². The van der Waals surface area contributed by atoms with Gasteiger partial charge in [-0.25, -0.2) is 15.0 Å². The minimum Gasteiger partial charge on any atom is -0.474 e. The number of rotatable bonds is 2. The van der Waals surface area contributed by atoms with Gasteiger partial charge in [-0.3, -0.25) is 0 Å². The molecule has 5 heteroatoms. The van der Waals surface area contributed by atoms with Crippen molar-refractivity contribution in [3.05, 3.63) is 29.6 Å². The Balaban J connectivity index is 1.90. The third-order valence-electron chi connectivity index (χ3n) is 2.79. The minimum absolute atomic E-state index is 0.200. The van der Waals surface area contributed by atoms with E-state index in [4.69, 9.17) is 9.47 Å². The van der Waals surface area contributed by atoms with Crippen molar-refractivity contribution in [2.45, 2.75) is 25.9 Å². The molecule has 0 saturated heterocycles. The molecule has 0 bridgehead atoms. The molecule has 18 heavy (non-hydrogen) atoms. The van der Waals surface area contributed by atoms with Crippen molar-refractivity contribution >= 4 is 11.8 Å². The average Bonchev–Trinajstić information content (AvgIpc) is 2.98. The molecule has 2 aliphatic heterocycles. The predicted molar refractivity (Wildman–Crippen MR) is 68.1 cm³/mol. The van der Waals surface area contributed by atoms with E-state index in [2.05, 4.69) is 15.0 Å². The lowest BCUT2D eigenvalue weighted by molar-refractivity contribution is 0.321. The molecule has 0 spiro atoms. The Morgan fingerprint density at radius 2 is 1.44 bits per heavy atom. The number of hydrogen-bond acceptors (Lipinski definition) is 5. The van der Waals surface area contributed by atoms with Crippen molar-refractivity contribution < 1.29 is 9.47 Å². The topological polar surface area (TPSA) is 56.1 Å². The van der Waals surface area contributed by atoms with E-state index >= 15 is 0 Å². The summed E-state index contributed by atoms with van der Waals surface area (Å²) < 4.78 is 11.0. The van der Waals surface area contributed by atoms with Gasteiger partial charge in [0.15, 0.2) is 0 Å². The van der Waals surface area contributed by atoms with Crippen molar-refractivity contribution in [2.24, 2.45) is 9.98 Å². The SMILES string of the molecule is CC1COC(c2cccc(C3=NC(C)CO3)n2)=N1. The van der Waals surface area contributed by atoms with Crippen LogP contribution in [0.25, 0.3) is 0 Å². The molecule has 0 N–H and O–H groups in total. The van der Waals surface area contributed by atoms with Gasteiger partial charge >= 0.3 is 0 Å². The Morgan fingerprint density at radius 1 is 0.944 bits per heavy atom. The van der Waals surface area contributed by atoms with Gasteiger partial charge in [0.25, 0.3) is 0 Å². The van der Waals surface area contributed by atoms with Gasteiger partial charge in [0.2, 0.25) is 11.8 Å². The zero-order chi connectivity index (χ0) is 12.5. The largest absolute Gasteiger partial charge is 0.474 e. The minimum atomic E-state index is 0.200. The lowest BCUT2D eigenvalue weighted by atomic mass is 10.3. The highest BCUT2D eigenvalue weighted by Crippen LogP contribution is 2.13. The molecular formula is C13H15N3O2. The first-order chi connectivity index (χ1) is 8.72. The van der Waals surface area contributed by atoms with Crippen LogP contribution in [0.1, 0.15) is 25.2 Å². The van der Waals surface area contributed by atoms with Crippen LogP contribution in [0.3, 0.4) is 0 Å². The maximum Gasteiger partial charge on any atom is 0.235 e. The summed E-state index contributed by atoms with van der Waals surface area (Å²) in [6, 6.07) is 6.09. The van der Waals surface area contributed by atoms with Gasteiger partial charge in [-0.15, -0.1) is 0 Å². The molecule has 3 rings (SSSR count). The van der Waals surface area contributed by atoms with Gasteiger partial charge < -0.3 is 9.47 Å². The fraction of sp³-hybridized carbons (Fsp3) is 0.462. The molecule has 0 fully saturated rings. The number of pyridine rings is 1. The molecule has 2 unspecified atom stereocenters. The smallest absolute Gasteiger partial charge is 0.235 e. The molecule has 3 heterocycles. The van der Waals surface area contributed by atoms with Crippen molar-refractivity contribution in [3.8, 4) is 0 Å². The van der Waals surface area contributed by atoms with E-state index in [1.165, 1.54) is 0 Å². The maximum absolute atomic E-state index is 5.50. The van der Waals surface area contributed by atoms with Crippen LogP contribution in [0, 0.1) is 0 Å². The third kappa shape index (κ3) is 2.08. The Hall–Kier alpha value is -1.91. The summed E-state index contributed by atoms with van der Waals surface area (Å²) in [5, 5.41) is 0. The van der Waals surface area contributed by atoms with Crippen molar-refractivity contribution in [1.29, 1.82) is 0 Å². The monoisotopic (exact) mass is 245 g/mol. The Bertz CT molecular complexity index is 481. The van der Waals surface area contributed by atoms with Crippen molar-refractivity contribution in [2.75, 3.05) is 13.2 Å². The van der Waals surface area contributed by atoms with E-state index in [0.717, 1.165) is 11.4 Å². The average molecular weight is 245 g/mol. The lowest BCUT2D eigenvalue weighted by Gasteiger charge is -2.04. The van der Waals surface area contributed by atoms with Crippen LogP contribution in [0.15, 0.2) is 28.2 Å². The molecule has 0 aliphatic carbocycles. The van der Waals surface area contributed by atoms with Crippen LogP contribution >= 0.6 is 0 Å². The molecule has 1 aromatic heterocycles. The number of nitrogens with zero attached hydrogens (tertiary/aromatic N) is 3. The Labute approximate surface area is 106 Å². The molecule has 94 valence electrons. The Morgan fingerprint density at radius 3 is 1.83 bits per heavy atom. The van der Waals surface area contributed by atoms with Crippen LogP contribution in [-0.4, -0.2) is 42.1 Å². The second kappa shape index (κ2) is 4.40. The summed E-state index contributed by atoms with van der Waals surface area (Å²) in [6.07, 6.45) is 0. The summed E-state index contributed by atoms with van der Waals surface area (Å²) in [6.45, 7) is 5.27. The number of hydrogen-bond donors (Lipinski definition) is 0. The van der Waals surface area contributed by atoms with Crippen LogP contribution in [-0.2, 0) is 9.47 Å². The summed E-state index contributed by atoms with van der Waals surface area (Å²) in [5.41, 5.74) is 1.48. The fourth-order valence-electron chi connectivity index (χ4n) is 1.90. The van der Waals surface area contributed by atoms with Crippen LogP contribution in [0.2, 0.25) is 0 Å². The quantitative estimate of drug-likeness (QED) is 0.791. The summed E-state index contributed by atoms with van der Waals surface area (Å²) in [4.78, 5) is 13.3. The van der Waals surface area contributed by atoms with E-state index in [0.29, 0.717) is 25.0 Å². The molecule has 1 aromatic rings. The highest BCUT2D eigenvalue weighted by Gasteiger charge is 2.21. The molecule has 5 nitrogen and oxygen atoms in total. The van der Waals surface area contributed by atoms with E-state index < -0.39 is 0 Å². The van der Waals surface area contributed by atoms with Crippen molar-refractivity contribution in [1.82, 2.24) is 4.98 Å². The number of aromatic nitrogens is 1. The van der Waals surface area contributed by atoms with Gasteiger partial charge in [0.05, 0.1) is 12.1 Å². The highest BCUT2D eigenvalue weighted by atomic mass is 16.5. The van der Waals surface area contributed by atoms with Gasteiger partial charge in [-0.1, -0.05) is 6.07 Å². The highest BCUT2D eigenvalue weighted by molar-refractivity contribution is 5.97. The normalized spacial score (nSPS) is 26.3. The first-order valence-corrected chi connectivity index (χ1v) is 6.11. The van der Waals surface area contributed by atoms with Crippen LogP contribution in [0.5, 0.6) is 0 Å². The van der Waals surface area contributed by atoms with Gasteiger partial charge in [-0.05, 0) is 26.0 Å². The van der Waals surface area contributed by atoms with Crippen LogP contribution in [0.4, 0.5) is 0 Å². The summed E-state index contributed by atoms with van der Waals surface area (Å²) in [7, 11) is 0. The summed E-state index contributed by atoms with van der Waals surface area (Å²) in [5.74, 6) is 1.21. The lowest BCUT2D eigenvalue weighted by Crippen LogP contribution is -2.10. The second-order valence-electron chi connectivity index (χ2n) is 4.60. The van der Waals surface area contributed by atoms with E-state index in [9.17, 15) is 0 Å². The zero-order valence-electron chi connectivity index (χ0n) is 10.5. The predicted octanol–water partition coefficient (Wildman–Crippen LogP) is 1.41. The third-order valence-corrected chi connectivity index (χ3v) is 2.79. The number of aliphatic imine (C=N–C) groups is 2. The molecule has 2 aliphatic rings. The molecule has 2 atom stereocenters. The van der Waals surface area contributed by atoms with Crippen LogP contribution < -0.4 is 0 Å². The molecule has 0 radical (unpaired) electrons. The molecule has 0 saturated carbocycles. The van der Waals surface area contributed by atoms with Gasteiger partial charge in [-0.2, -0.15) is 0 Å². The Kier molecular flexibility index (Phi) is 2.74. The van der Waals surface area contributed by atoms with E-state index in [1.807, 2.05) is 32.0 Å². The molecular weight excluding hydrogens is 230 g/mol. The number of ether oxygens (including phenoxy) is 2. The second-order valence-corrected chi connectivity index (χ2v) is 4.60.